The van der Waals surface area contributed by atoms with Crippen LogP contribution in [0.2, 0.25) is 0 Å². The molecule has 3 heterocycles. The van der Waals surface area contributed by atoms with Gasteiger partial charge in [-0.05, 0) is 29.5 Å². The number of benzene rings is 1. The normalized spacial score (nSPS) is 23.4. The molecule has 0 bridgehead atoms. The van der Waals surface area contributed by atoms with Gasteiger partial charge in [-0.25, -0.2) is 9.78 Å². The number of nitrogens with one attached hydrogen (secondary N) is 1. The summed E-state index contributed by atoms with van der Waals surface area (Å²) in [6.07, 6.45) is 2.66. The Kier molecular flexibility index (Phi) is 2.95. The van der Waals surface area contributed by atoms with E-state index in [-0.39, 0.29) is 5.69 Å². The number of carboxylic acid groups (broad SMARTS) is 1. The van der Waals surface area contributed by atoms with Gasteiger partial charge in [0.05, 0.1) is 13.1 Å². The van der Waals surface area contributed by atoms with Crippen molar-refractivity contribution in [2.75, 3.05) is 11.9 Å². The maximum absolute atomic E-state index is 12.1. The molecule has 1 amide bonds. The van der Waals surface area contributed by atoms with E-state index in [0.717, 1.165) is 29.8 Å². The van der Waals surface area contributed by atoms with Gasteiger partial charge in [0, 0.05) is 30.9 Å². The van der Waals surface area contributed by atoms with Crippen LogP contribution in [0, 0.1) is 11.8 Å². The van der Waals surface area contributed by atoms with Crippen molar-refractivity contribution in [3.05, 3.63) is 47.0 Å². The SMILES string of the molecule is O=C(O)c1cn2c(n1)CNc1cc(CN3CC4CC4C3=O)ccc1C2. The Morgan fingerprint density at radius 2 is 2.28 bits per heavy atom. The third-order valence-electron chi connectivity index (χ3n) is 5.41. The van der Waals surface area contributed by atoms with Crippen LogP contribution in [0.3, 0.4) is 0 Å². The van der Waals surface area contributed by atoms with Crippen molar-refractivity contribution >= 4 is 17.6 Å². The van der Waals surface area contributed by atoms with Gasteiger partial charge in [0.1, 0.15) is 5.82 Å². The fraction of sp³-hybridized carbons (Fsp3) is 0.389. The highest BCUT2D eigenvalue weighted by Gasteiger charge is 2.51. The smallest absolute Gasteiger partial charge is 0.356 e. The van der Waals surface area contributed by atoms with E-state index in [2.05, 4.69) is 28.5 Å². The van der Waals surface area contributed by atoms with Gasteiger partial charge in [-0.3, -0.25) is 4.79 Å². The first-order valence-electron chi connectivity index (χ1n) is 8.52. The van der Waals surface area contributed by atoms with E-state index in [1.54, 1.807) is 6.20 Å². The fourth-order valence-corrected chi connectivity index (χ4v) is 3.94. The number of carbonyl (C=O) groups is 2. The molecular formula is C18H18N4O3. The van der Waals surface area contributed by atoms with Crippen LogP contribution in [-0.2, 0) is 24.4 Å². The molecule has 0 spiro atoms. The maximum Gasteiger partial charge on any atom is 0.356 e. The molecule has 0 radical (unpaired) electrons. The number of aromatic nitrogens is 2. The summed E-state index contributed by atoms with van der Waals surface area (Å²) in [7, 11) is 0. The number of imidazole rings is 1. The average molecular weight is 338 g/mol. The van der Waals surface area contributed by atoms with Gasteiger partial charge < -0.3 is 19.9 Å². The van der Waals surface area contributed by atoms with Crippen LogP contribution >= 0.6 is 0 Å². The van der Waals surface area contributed by atoms with Crippen LogP contribution in [0.25, 0.3) is 0 Å². The zero-order chi connectivity index (χ0) is 17.1. The predicted octanol–water partition coefficient (Wildman–Crippen LogP) is 1.53. The minimum Gasteiger partial charge on any atom is -0.476 e. The van der Waals surface area contributed by atoms with Crippen molar-refractivity contribution in [1.29, 1.82) is 0 Å². The summed E-state index contributed by atoms with van der Waals surface area (Å²) < 4.78 is 1.87. The quantitative estimate of drug-likeness (QED) is 0.886. The lowest BCUT2D eigenvalue weighted by Crippen LogP contribution is -2.27. The van der Waals surface area contributed by atoms with E-state index in [0.29, 0.717) is 43.2 Å². The minimum atomic E-state index is -1.01. The fourth-order valence-electron chi connectivity index (χ4n) is 3.94. The Morgan fingerprint density at radius 1 is 1.40 bits per heavy atom. The summed E-state index contributed by atoms with van der Waals surface area (Å²) in [5.41, 5.74) is 3.30. The molecule has 1 aromatic carbocycles. The van der Waals surface area contributed by atoms with Gasteiger partial charge in [0.25, 0.3) is 0 Å². The van der Waals surface area contributed by atoms with Crippen molar-refractivity contribution in [3.63, 3.8) is 0 Å². The molecule has 3 aliphatic rings. The number of hydrogen-bond donors (Lipinski definition) is 2. The first-order valence-corrected chi connectivity index (χ1v) is 8.52. The number of fused-ring (bicyclic) bond motifs is 3. The van der Waals surface area contributed by atoms with E-state index < -0.39 is 5.97 Å². The lowest BCUT2D eigenvalue weighted by atomic mass is 10.1. The molecule has 2 unspecified atom stereocenters. The second-order valence-electron chi connectivity index (χ2n) is 7.14. The van der Waals surface area contributed by atoms with Crippen LogP contribution < -0.4 is 5.32 Å². The number of hydrogen-bond acceptors (Lipinski definition) is 4. The summed E-state index contributed by atoms with van der Waals surface area (Å²) in [6, 6.07) is 6.20. The Bertz CT molecular complexity index is 904. The number of aromatic carboxylic acids is 1. The molecule has 1 aliphatic carbocycles. The third kappa shape index (κ3) is 2.38. The molecule has 1 saturated heterocycles. The van der Waals surface area contributed by atoms with E-state index in [1.807, 2.05) is 9.47 Å². The van der Waals surface area contributed by atoms with Crippen LogP contribution in [0.15, 0.2) is 24.4 Å². The number of rotatable bonds is 3. The number of carbonyl (C=O) groups excluding carboxylic acids is 1. The summed E-state index contributed by atoms with van der Waals surface area (Å²) in [5, 5.41) is 12.4. The molecule has 1 saturated carbocycles. The van der Waals surface area contributed by atoms with Crippen molar-refractivity contribution in [2.45, 2.75) is 26.1 Å². The number of piperidine rings is 1. The predicted molar refractivity (Wildman–Crippen MR) is 89.1 cm³/mol. The molecule has 2 N–H and O–H groups in total. The molecule has 7 heteroatoms. The Balaban J connectivity index is 1.37. The zero-order valence-corrected chi connectivity index (χ0v) is 13.6. The minimum absolute atomic E-state index is 0.0722. The molecular weight excluding hydrogens is 320 g/mol. The van der Waals surface area contributed by atoms with Gasteiger partial charge in [-0.2, -0.15) is 0 Å². The number of nitrogens with zero attached hydrogens (tertiary/aromatic N) is 3. The number of amides is 1. The number of anilines is 1. The molecule has 1 aromatic heterocycles. The van der Waals surface area contributed by atoms with Gasteiger partial charge >= 0.3 is 5.97 Å². The first kappa shape index (κ1) is 14.5. The molecule has 25 heavy (non-hydrogen) atoms. The topological polar surface area (TPSA) is 87.5 Å². The molecule has 7 nitrogen and oxygen atoms in total. The van der Waals surface area contributed by atoms with Crippen LogP contribution in [0.5, 0.6) is 0 Å². The Labute approximate surface area is 144 Å². The third-order valence-corrected chi connectivity index (χ3v) is 5.41. The van der Waals surface area contributed by atoms with E-state index in [9.17, 15) is 9.59 Å². The Morgan fingerprint density at radius 3 is 3.04 bits per heavy atom. The van der Waals surface area contributed by atoms with E-state index in [1.165, 1.54) is 0 Å². The van der Waals surface area contributed by atoms with Gasteiger partial charge in [-0.15, -0.1) is 0 Å². The second-order valence-corrected chi connectivity index (χ2v) is 7.14. The molecule has 2 aromatic rings. The van der Waals surface area contributed by atoms with Gasteiger partial charge in [-0.1, -0.05) is 12.1 Å². The van der Waals surface area contributed by atoms with Crippen LogP contribution in [0.4, 0.5) is 5.69 Å². The largest absolute Gasteiger partial charge is 0.476 e. The average Bonchev–Trinajstić information content (AvgIpc) is 3.19. The highest BCUT2D eigenvalue weighted by Crippen LogP contribution is 2.46. The monoisotopic (exact) mass is 338 g/mol. The number of carboxylic acids is 1. The van der Waals surface area contributed by atoms with Crippen LogP contribution in [0.1, 0.15) is 33.9 Å². The van der Waals surface area contributed by atoms with E-state index >= 15 is 0 Å². The molecule has 5 rings (SSSR count). The lowest BCUT2D eigenvalue weighted by molar-refractivity contribution is -0.130. The van der Waals surface area contributed by atoms with Gasteiger partial charge in [0.15, 0.2) is 5.69 Å². The van der Waals surface area contributed by atoms with Crippen molar-refractivity contribution < 1.29 is 14.7 Å². The zero-order valence-electron chi connectivity index (χ0n) is 13.6. The summed E-state index contributed by atoms with van der Waals surface area (Å²) in [6.45, 7) is 2.62. The molecule has 2 fully saturated rings. The highest BCUT2D eigenvalue weighted by molar-refractivity contribution is 5.85. The highest BCUT2D eigenvalue weighted by atomic mass is 16.4. The van der Waals surface area contributed by atoms with Crippen molar-refractivity contribution in [2.24, 2.45) is 11.8 Å². The Hall–Kier alpha value is -2.83. The van der Waals surface area contributed by atoms with Crippen LogP contribution in [-0.4, -0.2) is 38.0 Å². The molecule has 2 aliphatic heterocycles. The van der Waals surface area contributed by atoms with E-state index in [4.69, 9.17) is 5.11 Å². The lowest BCUT2D eigenvalue weighted by Gasteiger charge is -2.19. The molecule has 2 atom stereocenters. The summed E-state index contributed by atoms with van der Waals surface area (Å²) in [5.74, 6) is 0.884. The first-order chi connectivity index (χ1) is 12.1. The molecule has 128 valence electrons. The summed E-state index contributed by atoms with van der Waals surface area (Å²) >= 11 is 0. The van der Waals surface area contributed by atoms with Crippen molar-refractivity contribution in [1.82, 2.24) is 14.5 Å². The number of likely N-dealkylation sites (tertiary alicyclic amines) is 1. The van der Waals surface area contributed by atoms with Gasteiger partial charge in [0.2, 0.25) is 5.91 Å². The second kappa shape index (κ2) is 5.08. The summed E-state index contributed by atoms with van der Waals surface area (Å²) in [4.78, 5) is 29.4. The maximum atomic E-state index is 12.1. The standard InChI is InChI=1S/C18H18N4O3/c23-17-13-4-12(13)8-22(17)6-10-1-2-11-7-21-9-15(18(24)25)20-16(21)5-19-14(11)3-10/h1-3,9,12-13,19H,4-8H2,(H,24,25). The van der Waals surface area contributed by atoms with Crippen molar-refractivity contribution in [3.8, 4) is 0 Å².